The van der Waals surface area contributed by atoms with Gasteiger partial charge in [-0.15, -0.1) is 23.2 Å². The zero-order valence-corrected chi connectivity index (χ0v) is 22.9. The van der Waals surface area contributed by atoms with Crippen LogP contribution in [0.5, 0.6) is 0 Å². The summed E-state index contributed by atoms with van der Waals surface area (Å²) in [6, 6.07) is 0. The largest absolute Gasteiger partial charge is 0.353 e. The molecule has 0 heterocycles. The molecule has 6 atom stereocenters. The predicted molar refractivity (Wildman–Crippen MR) is 136 cm³/mol. The van der Waals surface area contributed by atoms with Crippen LogP contribution in [0.4, 0.5) is 0 Å². The predicted octanol–water partition coefficient (Wildman–Crippen LogP) is 8.94. The SMILES string of the molecule is CCCCOC(CCCC(C)CC(C)Cl)OC(CCCC(C)CC(C)Cl)OCCCC. The summed E-state index contributed by atoms with van der Waals surface area (Å²) in [6.07, 6.45) is 12.5. The first-order valence-electron chi connectivity index (χ1n) is 12.9. The minimum Gasteiger partial charge on any atom is -0.353 e. The highest BCUT2D eigenvalue weighted by atomic mass is 35.5. The highest BCUT2D eigenvalue weighted by molar-refractivity contribution is 6.20. The van der Waals surface area contributed by atoms with Gasteiger partial charge >= 0.3 is 0 Å². The Labute approximate surface area is 204 Å². The third-order valence-electron chi connectivity index (χ3n) is 5.63. The lowest BCUT2D eigenvalue weighted by Crippen LogP contribution is -2.28. The molecular weight excluding hydrogens is 431 g/mol. The summed E-state index contributed by atoms with van der Waals surface area (Å²) < 4.78 is 18.6. The monoisotopic (exact) mass is 482 g/mol. The summed E-state index contributed by atoms with van der Waals surface area (Å²) in [5.41, 5.74) is 0. The molecule has 0 saturated carbocycles. The fourth-order valence-corrected chi connectivity index (χ4v) is 4.49. The van der Waals surface area contributed by atoms with Gasteiger partial charge in [-0.3, -0.25) is 0 Å². The molecule has 0 spiro atoms. The molecule has 31 heavy (non-hydrogen) atoms. The smallest absolute Gasteiger partial charge is 0.160 e. The second-order valence-corrected chi connectivity index (χ2v) is 11.0. The van der Waals surface area contributed by atoms with Crippen molar-refractivity contribution in [2.75, 3.05) is 13.2 Å². The van der Waals surface area contributed by atoms with E-state index >= 15 is 0 Å². The van der Waals surface area contributed by atoms with Crippen molar-refractivity contribution in [1.82, 2.24) is 0 Å². The number of ether oxygens (including phenoxy) is 3. The van der Waals surface area contributed by atoms with Crippen LogP contribution < -0.4 is 0 Å². The third kappa shape index (κ3) is 20.8. The van der Waals surface area contributed by atoms with Crippen molar-refractivity contribution in [3.63, 3.8) is 0 Å². The van der Waals surface area contributed by atoms with Gasteiger partial charge in [-0.25, -0.2) is 0 Å². The van der Waals surface area contributed by atoms with Crippen molar-refractivity contribution in [1.29, 1.82) is 0 Å². The van der Waals surface area contributed by atoms with E-state index in [-0.39, 0.29) is 23.3 Å². The summed E-state index contributed by atoms with van der Waals surface area (Å²) in [4.78, 5) is 0. The lowest BCUT2D eigenvalue weighted by atomic mass is 9.98. The van der Waals surface area contributed by atoms with E-state index in [4.69, 9.17) is 37.4 Å². The molecule has 0 fully saturated rings. The highest BCUT2D eigenvalue weighted by Gasteiger charge is 2.19. The Bertz CT molecular complexity index is 346. The number of alkyl halides is 2. The molecular formula is C26H52Cl2O3. The van der Waals surface area contributed by atoms with Crippen LogP contribution in [-0.4, -0.2) is 36.5 Å². The van der Waals surface area contributed by atoms with Gasteiger partial charge in [0.1, 0.15) is 0 Å². The number of unbranched alkanes of at least 4 members (excludes halogenated alkanes) is 2. The normalized spacial score (nSPS) is 17.8. The molecule has 0 aliphatic carbocycles. The van der Waals surface area contributed by atoms with E-state index in [0.29, 0.717) is 11.8 Å². The van der Waals surface area contributed by atoms with Gasteiger partial charge in [0.05, 0.1) is 0 Å². The maximum absolute atomic E-state index is 6.37. The highest BCUT2D eigenvalue weighted by Crippen LogP contribution is 2.22. The van der Waals surface area contributed by atoms with E-state index in [1.807, 2.05) is 0 Å². The molecule has 0 aliphatic heterocycles. The number of halogens is 2. The van der Waals surface area contributed by atoms with Crippen LogP contribution in [0.3, 0.4) is 0 Å². The van der Waals surface area contributed by atoms with Gasteiger partial charge in [0.2, 0.25) is 0 Å². The van der Waals surface area contributed by atoms with E-state index < -0.39 is 0 Å². The minimum absolute atomic E-state index is 0.181. The van der Waals surface area contributed by atoms with Crippen LogP contribution in [-0.2, 0) is 14.2 Å². The number of hydrogen-bond donors (Lipinski definition) is 0. The van der Waals surface area contributed by atoms with Gasteiger partial charge in [0, 0.05) is 24.0 Å². The summed E-state index contributed by atoms with van der Waals surface area (Å²) in [5.74, 6) is 1.26. The van der Waals surface area contributed by atoms with Gasteiger partial charge in [0.15, 0.2) is 12.6 Å². The zero-order chi connectivity index (χ0) is 23.5. The second-order valence-electron chi connectivity index (χ2n) is 9.55. The molecule has 0 amide bonds. The van der Waals surface area contributed by atoms with Gasteiger partial charge in [0.25, 0.3) is 0 Å². The van der Waals surface area contributed by atoms with Crippen LogP contribution in [0.1, 0.15) is 119 Å². The quantitative estimate of drug-likeness (QED) is 0.0874. The third-order valence-corrected chi connectivity index (χ3v) is 5.99. The molecule has 0 aromatic rings. The fourth-order valence-electron chi connectivity index (χ4n) is 3.88. The minimum atomic E-state index is -0.181. The summed E-state index contributed by atoms with van der Waals surface area (Å²) in [6.45, 7) is 14.6. The maximum Gasteiger partial charge on any atom is 0.160 e. The first-order valence-corrected chi connectivity index (χ1v) is 13.8. The molecule has 0 saturated heterocycles. The molecule has 0 aromatic heterocycles. The van der Waals surface area contributed by atoms with E-state index in [1.54, 1.807) is 0 Å². The van der Waals surface area contributed by atoms with Gasteiger partial charge < -0.3 is 14.2 Å². The Hall–Kier alpha value is 0.460. The summed E-state index contributed by atoms with van der Waals surface area (Å²) >= 11 is 12.3. The van der Waals surface area contributed by atoms with Crippen molar-refractivity contribution in [3.05, 3.63) is 0 Å². The topological polar surface area (TPSA) is 27.7 Å². The average molecular weight is 484 g/mol. The van der Waals surface area contributed by atoms with Crippen LogP contribution in [0.15, 0.2) is 0 Å². The molecule has 0 rings (SSSR count). The fraction of sp³-hybridized carbons (Fsp3) is 1.00. The zero-order valence-electron chi connectivity index (χ0n) is 21.3. The van der Waals surface area contributed by atoms with Crippen molar-refractivity contribution >= 4 is 23.2 Å². The van der Waals surface area contributed by atoms with E-state index in [2.05, 4.69) is 41.5 Å². The molecule has 5 heteroatoms. The Balaban J connectivity index is 4.66. The lowest BCUT2D eigenvalue weighted by Gasteiger charge is -2.26. The Kier molecular flexibility index (Phi) is 21.3. The standard InChI is InChI=1S/C26H52Cl2O3/c1-7-9-17-29-25(15-11-13-21(3)19-23(5)27)31-26(30-18-10-8-2)16-12-14-22(4)20-24(6)28/h21-26H,7-20H2,1-6H3. The first-order chi connectivity index (χ1) is 14.8. The van der Waals surface area contributed by atoms with Gasteiger partial charge in [-0.05, 0) is 77.0 Å². The van der Waals surface area contributed by atoms with Crippen molar-refractivity contribution < 1.29 is 14.2 Å². The van der Waals surface area contributed by atoms with Crippen LogP contribution >= 0.6 is 23.2 Å². The maximum atomic E-state index is 6.37. The summed E-state index contributed by atoms with van der Waals surface area (Å²) in [5, 5.41) is 0.478. The first kappa shape index (κ1) is 31.5. The lowest BCUT2D eigenvalue weighted by molar-refractivity contribution is -0.250. The van der Waals surface area contributed by atoms with Crippen LogP contribution in [0.2, 0.25) is 0 Å². The molecule has 3 nitrogen and oxygen atoms in total. The Morgan fingerprint density at radius 2 is 0.968 bits per heavy atom. The van der Waals surface area contributed by atoms with E-state index in [1.165, 1.54) is 0 Å². The number of rotatable bonds is 22. The molecule has 0 aromatic carbocycles. The van der Waals surface area contributed by atoms with E-state index in [9.17, 15) is 0 Å². The Morgan fingerprint density at radius 3 is 1.29 bits per heavy atom. The van der Waals surface area contributed by atoms with Crippen LogP contribution in [0.25, 0.3) is 0 Å². The Morgan fingerprint density at radius 1 is 0.581 bits per heavy atom. The second kappa shape index (κ2) is 21.0. The van der Waals surface area contributed by atoms with Crippen molar-refractivity contribution in [3.8, 4) is 0 Å². The van der Waals surface area contributed by atoms with Crippen molar-refractivity contribution in [2.45, 2.75) is 142 Å². The average Bonchev–Trinajstić information content (AvgIpc) is 2.66. The molecule has 0 N–H and O–H groups in total. The van der Waals surface area contributed by atoms with Gasteiger partial charge in [-0.2, -0.15) is 0 Å². The molecule has 0 aliphatic rings. The van der Waals surface area contributed by atoms with E-state index in [0.717, 1.165) is 90.3 Å². The van der Waals surface area contributed by atoms with Crippen molar-refractivity contribution in [2.24, 2.45) is 11.8 Å². The van der Waals surface area contributed by atoms with Gasteiger partial charge in [-0.1, -0.05) is 53.4 Å². The molecule has 0 radical (unpaired) electrons. The summed E-state index contributed by atoms with van der Waals surface area (Å²) in [7, 11) is 0. The molecule has 0 bridgehead atoms. The molecule has 6 unspecified atom stereocenters. The number of hydrogen-bond acceptors (Lipinski definition) is 3. The van der Waals surface area contributed by atoms with Crippen LogP contribution in [0, 0.1) is 11.8 Å². The molecule has 188 valence electrons.